The van der Waals surface area contributed by atoms with Crippen LogP contribution in [0.1, 0.15) is 36.0 Å². The Bertz CT molecular complexity index is 547. The third kappa shape index (κ3) is 2.76. The van der Waals surface area contributed by atoms with Crippen molar-refractivity contribution in [3.8, 4) is 0 Å². The van der Waals surface area contributed by atoms with Gasteiger partial charge in [0.25, 0.3) is 0 Å². The second-order valence-electron chi connectivity index (χ2n) is 5.33. The van der Waals surface area contributed by atoms with Crippen molar-refractivity contribution < 1.29 is 0 Å². The molecule has 5 nitrogen and oxygen atoms in total. The van der Waals surface area contributed by atoms with Gasteiger partial charge >= 0.3 is 0 Å². The van der Waals surface area contributed by atoms with Crippen LogP contribution < -0.4 is 4.90 Å². The Morgan fingerprint density at radius 2 is 2.10 bits per heavy atom. The molecule has 0 aromatic carbocycles. The molecular weight excluding hydrogens is 250 g/mol. The van der Waals surface area contributed by atoms with E-state index < -0.39 is 0 Å². The lowest BCUT2D eigenvalue weighted by Crippen LogP contribution is -2.35. The van der Waals surface area contributed by atoms with E-state index in [1.165, 1.54) is 6.42 Å². The summed E-state index contributed by atoms with van der Waals surface area (Å²) in [6.07, 6.45) is 7.85. The summed E-state index contributed by atoms with van der Waals surface area (Å²) >= 11 is 0. The molecule has 0 radical (unpaired) electrons. The maximum Gasteiger partial charge on any atom is 0.132 e. The van der Waals surface area contributed by atoms with Gasteiger partial charge < -0.3 is 4.90 Å². The van der Waals surface area contributed by atoms with E-state index in [-0.39, 0.29) is 0 Å². The Hall–Kier alpha value is -2.04. The van der Waals surface area contributed by atoms with E-state index in [4.69, 9.17) is 0 Å². The van der Waals surface area contributed by atoms with Crippen LogP contribution in [0.5, 0.6) is 0 Å². The lowest BCUT2D eigenvalue weighted by molar-refractivity contribution is 0.496. The molecule has 1 fully saturated rings. The molecule has 0 unspecified atom stereocenters. The van der Waals surface area contributed by atoms with E-state index in [9.17, 15) is 0 Å². The number of rotatable bonds is 2. The van der Waals surface area contributed by atoms with Crippen molar-refractivity contribution in [2.75, 3.05) is 18.0 Å². The standard InChI is InChI=1S/C15H19N5/c1-11-8-16-9-14(18-11)13-4-3-7-20(10-13)15-5-6-17-12(2)19-15/h5-6,8-9,13H,3-4,7,10H2,1-2H3/t13-/m1/s1. The second kappa shape index (κ2) is 5.53. The summed E-state index contributed by atoms with van der Waals surface area (Å²) in [6.45, 7) is 5.92. The summed E-state index contributed by atoms with van der Waals surface area (Å²) in [5.74, 6) is 2.27. The first-order chi connectivity index (χ1) is 9.72. The molecule has 2 aromatic heterocycles. The molecule has 5 heteroatoms. The van der Waals surface area contributed by atoms with Crippen LogP contribution in [0.3, 0.4) is 0 Å². The molecule has 2 aromatic rings. The molecule has 1 aliphatic heterocycles. The number of hydrogen-bond acceptors (Lipinski definition) is 5. The Balaban J connectivity index is 1.80. The first-order valence-corrected chi connectivity index (χ1v) is 7.05. The first kappa shape index (κ1) is 13.0. The molecule has 3 heterocycles. The van der Waals surface area contributed by atoms with Gasteiger partial charge in [-0.15, -0.1) is 0 Å². The highest BCUT2D eigenvalue weighted by Gasteiger charge is 2.23. The zero-order valence-electron chi connectivity index (χ0n) is 12.0. The van der Waals surface area contributed by atoms with Crippen molar-refractivity contribution in [3.05, 3.63) is 41.9 Å². The van der Waals surface area contributed by atoms with Gasteiger partial charge in [0.2, 0.25) is 0 Å². The van der Waals surface area contributed by atoms with Crippen LogP contribution in [-0.2, 0) is 0 Å². The largest absolute Gasteiger partial charge is 0.356 e. The number of anilines is 1. The van der Waals surface area contributed by atoms with Gasteiger partial charge in [0.05, 0.1) is 11.4 Å². The van der Waals surface area contributed by atoms with Crippen molar-refractivity contribution >= 4 is 5.82 Å². The van der Waals surface area contributed by atoms with Gasteiger partial charge in [-0.1, -0.05) is 0 Å². The minimum Gasteiger partial charge on any atom is -0.356 e. The van der Waals surface area contributed by atoms with E-state index in [1.807, 2.05) is 32.3 Å². The fourth-order valence-electron chi connectivity index (χ4n) is 2.73. The highest BCUT2D eigenvalue weighted by atomic mass is 15.2. The number of piperidine rings is 1. The summed E-state index contributed by atoms with van der Waals surface area (Å²) in [5.41, 5.74) is 2.08. The van der Waals surface area contributed by atoms with Crippen LogP contribution in [0.2, 0.25) is 0 Å². The van der Waals surface area contributed by atoms with Gasteiger partial charge in [0, 0.05) is 37.6 Å². The summed E-state index contributed by atoms with van der Waals surface area (Å²) < 4.78 is 0. The number of aryl methyl sites for hydroxylation is 2. The molecule has 0 bridgehead atoms. The Labute approximate surface area is 119 Å². The number of nitrogens with zero attached hydrogens (tertiary/aromatic N) is 5. The average molecular weight is 269 g/mol. The lowest BCUT2D eigenvalue weighted by Gasteiger charge is -2.33. The summed E-state index contributed by atoms with van der Waals surface area (Å²) in [6, 6.07) is 1.98. The van der Waals surface area contributed by atoms with Gasteiger partial charge in [-0.3, -0.25) is 9.97 Å². The van der Waals surface area contributed by atoms with E-state index >= 15 is 0 Å². The smallest absolute Gasteiger partial charge is 0.132 e. The molecule has 104 valence electrons. The second-order valence-corrected chi connectivity index (χ2v) is 5.33. The van der Waals surface area contributed by atoms with Crippen LogP contribution >= 0.6 is 0 Å². The van der Waals surface area contributed by atoms with Crippen molar-refractivity contribution in [1.82, 2.24) is 19.9 Å². The fraction of sp³-hybridized carbons (Fsp3) is 0.467. The van der Waals surface area contributed by atoms with E-state index in [0.29, 0.717) is 5.92 Å². The molecule has 0 N–H and O–H groups in total. The maximum atomic E-state index is 4.62. The first-order valence-electron chi connectivity index (χ1n) is 7.05. The number of aromatic nitrogens is 4. The third-order valence-electron chi connectivity index (χ3n) is 3.70. The van der Waals surface area contributed by atoms with Crippen molar-refractivity contribution in [2.45, 2.75) is 32.6 Å². The molecule has 1 atom stereocenters. The predicted octanol–water partition coefficient (Wildman–Crippen LogP) is 2.27. The molecule has 1 saturated heterocycles. The number of hydrogen-bond donors (Lipinski definition) is 0. The predicted molar refractivity (Wildman–Crippen MR) is 77.7 cm³/mol. The molecule has 0 spiro atoms. The van der Waals surface area contributed by atoms with Crippen LogP contribution in [0.4, 0.5) is 5.82 Å². The van der Waals surface area contributed by atoms with Crippen LogP contribution in [0, 0.1) is 13.8 Å². The monoisotopic (exact) mass is 269 g/mol. The van der Waals surface area contributed by atoms with E-state index in [1.54, 1.807) is 6.20 Å². The highest BCUT2D eigenvalue weighted by Crippen LogP contribution is 2.27. The van der Waals surface area contributed by atoms with Crippen molar-refractivity contribution in [2.24, 2.45) is 0 Å². The van der Waals surface area contributed by atoms with E-state index in [2.05, 4.69) is 24.8 Å². The van der Waals surface area contributed by atoms with Gasteiger partial charge in [-0.2, -0.15) is 0 Å². The lowest BCUT2D eigenvalue weighted by atomic mass is 9.95. The van der Waals surface area contributed by atoms with Crippen LogP contribution in [0.15, 0.2) is 24.7 Å². The van der Waals surface area contributed by atoms with Crippen LogP contribution in [-0.4, -0.2) is 33.0 Å². The zero-order chi connectivity index (χ0) is 13.9. The summed E-state index contributed by atoms with van der Waals surface area (Å²) in [7, 11) is 0. The van der Waals surface area contributed by atoms with Gasteiger partial charge in [0.1, 0.15) is 11.6 Å². The SMILES string of the molecule is Cc1cncc([C@@H]2CCCN(c3ccnc(C)n3)C2)n1. The minimum atomic E-state index is 0.437. The topological polar surface area (TPSA) is 54.8 Å². The molecule has 1 aliphatic rings. The molecule has 20 heavy (non-hydrogen) atoms. The molecular formula is C15H19N5. The Kier molecular flexibility index (Phi) is 3.58. The van der Waals surface area contributed by atoms with Gasteiger partial charge in [0.15, 0.2) is 0 Å². The van der Waals surface area contributed by atoms with Gasteiger partial charge in [-0.05, 0) is 32.8 Å². The highest BCUT2D eigenvalue weighted by molar-refractivity contribution is 5.39. The molecule has 3 rings (SSSR count). The van der Waals surface area contributed by atoms with Crippen LogP contribution in [0.25, 0.3) is 0 Å². The van der Waals surface area contributed by atoms with Gasteiger partial charge in [-0.25, -0.2) is 9.97 Å². The summed E-state index contributed by atoms with van der Waals surface area (Å²) in [4.78, 5) is 19.9. The Morgan fingerprint density at radius 3 is 2.90 bits per heavy atom. The van der Waals surface area contributed by atoms with Crippen molar-refractivity contribution in [1.29, 1.82) is 0 Å². The minimum absolute atomic E-state index is 0.437. The fourth-order valence-corrected chi connectivity index (χ4v) is 2.73. The quantitative estimate of drug-likeness (QED) is 0.837. The average Bonchev–Trinajstić information content (AvgIpc) is 2.47. The van der Waals surface area contributed by atoms with Crippen molar-refractivity contribution in [3.63, 3.8) is 0 Å². The third-order valence-corrected chi connectivity index (χ3v) is 3.70. The molecule has 0 saturated carbocycles. The Morgan fingerprint density at radius 1 is 1.20 bits per heavy atom. The molecule has 0 aliphatic carbocycles. The zero-order valence-corrected chi connectivity index (χ0v) is 12.0. The van der Waals surface area contributed by atoms with E-state index in [0.717, 1.165) is 42.5 Å². The molecule has 0 amide bonds. The normalized spacial score (nSPS) is 19.1. The summed E-state index contributed by atoms with van der Waals surface area (Å²) in [5, 5.41) is 0. The maximum absolute atomic E-state index is 4.62.